The zero-order chi connectivity index (χ0) is 17.6. The van der Waals surface area contributed by atoms with Gasteiger partial charge in [0.2, 0.25) is 0 Å². The number of carbonyl (C=O) groups is 3. The molecule has 1 rings (SSSR count). The van der Waals surface area contributed by atoms with Gasteiger partial charge in [-0.15, -0.1) is 0 Å². The molecule has 2 atom stereocenters. The Morgan fingerprint density at radius 1 is 1.17 bits per heavy atom. The van der Waals surface area contributed by atoms with E-state index in [2.05, 4.69) is 16.2 Å². The summed E-state index contributed by atoms with van der Waals surface area (Å²) in [7, 11) is 0. The quantitative estimate of drug-likeness (QED) is 0.663. The van der Waals surface area contributed by atoms with Gasteiger partial charge in [-0.25, -0.2) is 4.79 Å². The number of carbonyl (C=O) groups excluding carboxylic acids is 3. The molecule has 0 radical (unpaired) electrons. The van der Waals surface area contributed by atoms with Gasteiger partial charge in [0.25, 0.3) is 11.8 Å². The maximum atomic E-state index is 12.2. The van der Waals surface area contributed by atoms with Crippen LogP contribution in [0.1, 0.15) is 47.5 Å². The highest BCUT2D eigenvalue weighted by atomic mass is 16.6. The average Bonchev–Trinajstić information content (AvgIpc) is 2.93. The van der Waals surface area contributed by atoms with Crippen LogP contribution < -0.4 is 16.2 Å². The number of amides is 3. The minimum Gasteiger partial charge on any atom is -0.444 e. The Kier molecular flexibility index (Phi) is 6.80. The van der Waals surface area contributed by atoms with Gasteiger partial charge in [-0.05, 0) is 39.5 Å². The van der Waals surface area contributed by atoms with Crippen LogP contribution in [0.25, 0.3) is 0 Å². The molecule has 8 nitrogen and oxygen atoms in total. The Bertz CT molecular complexity index is 439. The molecular weight excluding hydrogens is 302 g/mol. The lowest BCUT2D eigenvalue weighted by Crippen LogP contribution is -2.56. The second-order valence-electron chi connectivity index (χ2n) is 6.85. The lowest BCUT2D eigenvalue weighted by Gasteiger charge is -2.25. The first kappa shape index (κ1) is 19.2. The summed E-state index contributed by atoms with van der Waals surface area (Å²) in [5.74, 6) is -1.09. The SMILES string of the molecule is CC(C)[C@@H](NC(=O)OC(C)(C)C)C(=O)NNC(=O)[C@@H]1CCCO1. The highest BCUT2D eigenvalue weighted by Crippen LogP contribution is 2.11. The molecule has 1 heterocycles. The van der Waals surface area contributed by atoms with E-state index in [9.17, 15) is 14.4 Å². The first-order chi connectivity index (χ1) is 10.6. The summed E-state index contributed by atoms with van der Waals surface area (Å²) in [6.45, 7) is 9.31. The van der Waals surface area contributed by atoms with E-state index < -0.39 is 35.7 Å². The van der Waals surface area contributed by atoms with Gasteiger partial charge in [0.1, 0.15) is 17.7 Å². The molecule has 0 unspecified atom stereocenters. The summed E-state index contributed by atoms with van der Waals surface area (Å²) in [4.78, 5) is 35.8. The third-order valence-corrected chi connectivity index (χ3v) is 3.15. The van der Waals surface area contributed by atoms with Gasteiger partial charge >= 0.3 is 6.09 Å². The molecule has 0 spiro atoms. The standard InChI is InChI=1S/C15H27N3O5/c1-9(2)11(16-14(21)23-15(3,4)5)13(20)18-17-12(19)10-7-6-8-22-10/h9-11H,6-8H2,1-5H3,(H,16,21)(H,17,19)(H,18,20)/t10-,11+/m0/s1. The Morgan fingerprint density at radius 2 is 1.83 bits per heavy atom. The Hall–Kier alpha value is -1.83. The molecule has 1 aliphatic heterocycles. The van der Waals surface area contributed by atoms with Crippen LogP contribution in [0.3, 0.4) is 0 Å². The molecule has 23 heavy (non-hydrogen) atoms. The number of alkyl carbamates (subject to hydrolysis) is 1. The summed E-state index contributed by atoms with van der Waals surface area (Å²) in [6, 6.07) is -0.824. The fourth-order valence-corrected chi connectivity index (χ4v) is 2.04. The van der Waals surface area contributed by atoms with Crippen molar-refractivity contribution in [2.24, 2.45) is 5.92 Å². The Balaban J connectivity index is 2.50. The van der Waals surface area contributed by atoms with Crippen molar-refractivity contribution in [3.05, 3.63) is 0 Å². The third kappa shape index (κ3) is 6.85. The summed E-state index contributed by atoms with van der Waals surface area (Å²) in [5.41, 5.74) is 3.99. The summed E-state index contributed by atoms with van der Waals surface area (Å²) < 4.78 is 10.4. The predicted octanol–water partition coefficient (Wildman–Crippen LogP) is 0.862. The van der Waals surface area contributed by atoms with Crippen molar-refractivity contribution in [2.75, 3.05) is 6.61 Å². The van der Waals surface area contributed by atoms with E-state index >= 15 is 0 Å². The first-order valence-electron chi connectivity index (χ1n) is 7.81. The van der Waals surface area contributed by atoms with Crippen molar-refractivity contribution < 1.29 is 23.9 Å². The fraction of sp³-hybridized carbons (Fsp3) is 0.800. The number of nitrogens with one attached hydrogen (secondary N) is 3. The van der Waals surface area contributed by atoms with E-state index in [0.717, 1.165) is 6.42 Å². The van der Waals surface area contributed by atoms with Crippen LogP contribution in [-0.4, -0.2) is 42.3 Å². The van der Waals surface area contributed by atoms with Crippen LogP contribution in [0.2, 0.25) is 0 Å². The van der Waals surface area contributed by atoms with Gasteiger partial charge < -0.3 is 14.8 Å². The summed E-state index contributed by atoms with van der Waals surface area (Å²) in [5, 5.41) is 2.51. The molecule has 132 valence electrons. The van der Waals surface area contributed by atoms with Crippen LogP contribution in [0.5, 0.6) is 0 Å². The van der Waals surface area contributed by atoms with Gasteiger partial charge in [0.05, 0.1) is 0 Å². The van der Waals surface area contributed by atoms with Crippen LogP contribution in [-0.2, 0) is 19.1 Å². The van der Waals surface area contributed by atoms with Crippen molar-refractivity contribution >= 4 is 17.9 Å². The molecule has 0 aromatic carbocycles. The van der Waals surface area contributed by atoms with Gasteiger partial charge in [0.15, 0.2) is 0 Å². The van der Waals surface area contributed by atoms with Crippen molar-refractivity contribution in [1.29, 1.82) is 0 Å². The van der Waals surface area contributed by atoms with Gasteiger partial charge in [0, 0.05) is 6.61 Å². The molecule has 0 aromatic rings. The molecule has 0 saturated carbocycles. The van der Waals surface area contributed by atoms with Crippen molar-refractivity contribution in [2.45, 2.75) is 65.2 Å². The molecule has 1 saturated heterocycles. The van der Waals surface area contributed by atoms with Crippen LogP contribution in [0, 0.1) is 5.92 Å². The van der Waals surface area contributed by atoms with Crippen molar-refractivity contribution in [1.82, 2.24) is 16.2 Å². The van der Waals surface area contributed by atoms with Gasteiger partial charge in [-0.3, -0.25) is 20.4 Å². The molecular formula is C15H27N3O5. The Morgan fingerprint density at radius 3 is 2.30 bits per heavy atom. The number of rotatable bonds is 4. The Labute approximate surface area is 136 Å². The largest absolute Gasteiger partial charge is 0.444 e. The number of ether oxygens (including phenoxy) is 2. The summed E-state index contributed by atoms with van der Waals surface area (Å²) in [6.07, 6.45) is 0.232. The lowest BCUT2D eigenvalue weighted by molar-refractivity contribution is -0.135. The van der Waals surface area contributed by atoms with Gasteiger partial charge in [-0.2, -0.15) is 0 Å². The van der Waals surface area contributed by atoms with E-state index in [1.54, 1.807) is 34.6 Å². The van der Waals surface area contributed by atoms with Crippen LogP contribution in [0.4, 0.5) is 4.79 Å². The number of hydrogen-bond acceptors (Lipinski definition) is 5. The number of hydrazine groups is 1. The fourth-order valence-electron chi connectivity index (χ4n) is 2.04. The predicted molar refractivity (Wildman–Crippen MR) is 83.3 cm³/mol. The minimum absolute atomic E-state index is 0.179. The molecule has 3 amide bonds. The van der Waals surface area contributed by atoms with Crippen LogP contribution >= 0.6 is 0 Å². The highest BCUT2D eigenvalue weighted by molar-refractivity contribution is 5.89. The second kappa shape index (κ2) is 8.14. The van der Waals surface area contributed by atoms with Crippen LogP contribution in [0.15, 0.2) is 0 Å². The second-order valence-corrected chi connectivity index (χ2v) is 6.85. The van der Waals surface area contributed by atoms with E-state index in [0.29, 0.717) is 13.0 Å². The maximum Gasteiger partial charge on any atom is 0.408 e. The number of hydrogen-bond donors (Lipinski definition) is 3. The third-order valence-electron chi connectivity index (χ3n) is 3.15. The smallest absolute Gasteiger partial charge is 0.408 e. The minimum atomic E-state index is -0.824. The molecule has 0 aliphatic carbocycles. The molecule has 0 aromatic heterocycles. The van der Waals surface area contributed by atoms with Crippen molar-refractivity contribution in [3.63, 3.8) is 0 Å². The zero-order valence-corrected chi connectivity index (χ0v) is 14.4. The molecule has 0 bridgehead atoms. The summed E-state index contributed by atoms with van der Waals surface area (Å²) >= 11 is 0. The average molecular weight is 329 g/mol. The van der Waals surface area contributed by atoms with Gasteiger partial charge in [-0.1, -0.05) is 13.8 Å². The van der Waals surface area contributed by atoms with E-state index in [1.807, 2.05) is 0 Å². The molecule has 8 heteroatoms. The molecule has 3 N–H and O–H groups in total. The van der Waals surface area contributed by atoms with E-state index in [1.165, 1.54) is 0 Å². The highest BCUT2D eigenvalue weighted by Gasteiger charge is 2.28. The lowest BCUT2D eigenvalue weighted by atomic mass is 10.0. The monoisotopic (exact) mass is 329 g/mol. The molecule has 1 aliphatic rings. The van der Waals surface area contributed by atoms with E-state index in [-0.39, 0.29) is 5.92 Å². The first-order valence-corrected chi connectivity index (χ1v) is 7.81. The normalized spacial score (nSPS) is 19.1. The van der Waals surface area contributed by atoms with Crippen molar-refractivity contribution in [3.8, 4) is 0 Å². The topological polar surface area (TPSA) is 106 Å². The van der Waals surface area contributed by atoms with E-state index in [4.69, 9.17) is 9.47 Å². The zero-order valence-electron chi connectivity index (χ0n) is 14.4. The molecule has 1 fully saturated rings. The maximum absolute atomic E-state index is 12.2.